The first kappa shape index (κ1) is 14.8. The van der Waals surface area contributed by atoms with Crippen LogP contribution in [0.15, 0.2) is 30.3 Å². The Morgan fingerprint density at radius 2 is 1.86 bits per heavy atom. The second-order valence-corrected chi connectivity index (χ2v) is 4.97. The molecule has 0 bridgehead atoms. The minimum absolute atomic E-state index is 0.233. The zero-order chi connectivity index (χ0) is 15.6. The molecule has 6 heteroatoms. The zero-order valence-corrected chi connectivity index (χ0v) is 12.2. The molecule has 0 aliphatic carbocycles. The van der Waals surface area contributed by atoms with Gasteiger partial charge in [0.1, 0.15) is 6.54 Å². The lowest BCUT2D eigenvalue weighted by atomic mass is 10.2. The van der Waals surface area contributed by atoms with Crippen LogP contribution in [0.3, 0.4) is 0 Å². The quantitative estimate of drug-likeness (QED) is 0.927. The first-order valence-corrected chi connectivity index (χ1v) is 6.49. The van der Waals surface area contributed by atoms with Gasteiger partial charge in [-0.25, -0.2) is 4.68 Å². The predicted molar refractivity (Wildman–Crippen MR) is 77.6 cm³/mol. The number of carbonyl (C=O) groups excluding carboxylic acids is 1. The van der Waals surface area contributed by atoms with Gasteiger partial charge in [0.25, 0.3) is 5.91 Å². The fraction of sp³-hybridized carbons (Fsp3) is 0.267. The molecule has 2 aromatic rings. The van der Waals surface area contributed by atoms with E-state index in [0.717, 1.165) is 21.8 Å². The Kier molecular flexibility index (Phi) is 4.07. The summed E-state index contributed by atoms with van der Waals surface area (Å²) in [7, 11) is 1.44. The highest BCUT2D eigenvalue weighted by atomic mass is 16.4. The molecule has 0 aliphatic rings. The van der Waals surface area contributed by atoms with Crippen molar-refractivity contribution in [2.75, 3.05) is 13.6 Å². The van der Waals surface area contributed by atoms with Crippen LogP contribution in [0.4, 0.5) is 0 Å². The lowest BCUT2D eigenvalue weighted by molar-refractivity contribution is -0.137. The molecule has 1 aromatic heterocycles. The summed E-state index contributed by atoms with van der Waals surface area (Å²) in [6, 6.07) is 9.43. The molecule has 1 amide bonds. The number of carboxylic acid groups (broad SMARTS) is 1. The van der Waals surface area contributed by atoms with E-state index in [1.54, 1.807) is 10.7 Å². The summed E-state index contributed by atoms with van der Waals surface area (Å²) in [5.74, 6) is -1.47. The lowest BCUT2D eigenvalue weighted by Crippen LogP contribution is -2.32. The molecule has 0 saturated heterocycles. The molecule has 2 rings (SSSR count). The third-order valence-electron chi connectivity index (χ3n) is 3.10. The van der Waals surface area contributed by atoms with Gasteiger partial charge in [-0.1, -0.05) is 17.7 Å². The number of aromatic nitrogens is 2. The van der Waals surface area contributed by atoms with E-state index in [9.17, 15) is 9.59 Å². The minimum atomic E-state index is -1.06. The molecular formula is C15H17N3O3. The normalized spacial score (nSPS) is 10.4. The summed E-state index contributed by atoms with van der Waals surface area (Å²) < 4.78 is 1.67. The van der Waals surface area contributed by atoms with Crippen LogP contribution < -0.4 is 0 Å². The number of carboxylic acids is 1. The van der Waals surface area contributed by atoms with Gasteiger partial charge < -0.3 is 10.0 Å². The smallest absolute Gasteiger partial charge is 0.323 e. The van der Waals surface area contributed by atoms with E-state index in [2.05, 4.69) is 5.10 Å². The Hall–Kier alpha value is -2.63. The fourth-order valence-electron chi connectivity index (χ4n) is 2.00. The molecule has 21 heavy (non-hydrogen) atoms. The third kappa shape index (κ3) is 3.28. The highest BCUT2D eigenvalue weighted by Crippen LogP contribution is 2.14. The Labute approximate surface area is 122 Å². The molecule has 0 radical (unpaired) electrons. The number of likely N-dealkylation sites (N-methyl/N-ethyl adjacent to an activating group) is 1. The van der Waals surface area contributed by atoms with E-state index < -0.39 is 11.9 Å². The van der Waals surface area contributed by atoms with Crippen molar-refractivity contribution in [3.63, 3.8) is 0 Å². The molecule has 0 aliphatic heterocycles. The first-order valence-electron chi connectivity index (χ1n) is 6.49. The number of rotatable bonds is 4. The third-order valence-corrected chi connectivity index (χ3v) is 3.10. The molecule has 1 heterocycles. The number of carbonyl (C=O) groups is 2. The van der Waals surface area contributed by atoms with E-state index in [1.165, 1.54) is 7.05 Å². The number of hydrogen-bond donors (Lipinski definition) is 1. The van der Waals surface area contributed by atoms with Gasteiger partial charge in [0.2, 0.25) is 0 Å². The zero-order valence-electron chi connectivity index (χ0n) is 12.2. The van der Waals surface area contributed by atoms with Crippen molar-refractivity contribution in [3.8, 4) is 5.69 Å². The topological polar surface area (TPSA) is 75.4 Å². The maximum Gasteiger partial charge on any atom is 0.323 e. The second-order valence-electron chi connectivity index (χ2n) is 4.97. The fourth-order valence-corrected chi connectivity index (χ4v) is 2.00. The maximum atomic E-state index is 12.1. The van der Waals surface area contributed by atoms with E-state index in [-0.39, 0.29) is 12.2 Å². The summed E-state index contributed by atoms with van der Waals surface area (Å²) in [6.45, 7) is 3.49. The average molecular weight is 287 g/mol. The number of aliphatic carboxylic acids is 1. The Balaban J connectivity index is 2.28. The van der Waals surface area contributed by atoms with Crippen molar-refractivity contribution < 1.29 is 14.7 Å². The summed E-state index contributed by atoms with van der Waals surface area (Å²) in [5.41, 5.74) is 3.04. The molecule has 110 valence electrons. The van der Waals surface area contributed by atoms with E-state index >= 15 is 0 Å². The monoisotopic (exact) mass is 287 g/mol. The number of aryl methyl sites for hydroxylation is 2. The van der Waals surface area contributed by atoms with Crippen LogP contribution >= 0.6 is 0 Å². The Morgan fingerprint density at radius 3 is 2.43 bits per heavy atom. The Bertz CT molecular complexity index is 674. The van der Waals surface area contributed by atoms with Crippen LogP contribution in [0.5, 0.6) is 0 Å². The van der Waals surface area contributed by atoms with Crippen LogP contribution in [-0.4, -0.2) is 45.3 Å². The number of nitrogens with zero attached hydrogens (tertiary/aromatic N) is 3. The molecule has 1 N–H and O–H groups in total. The molecule has 1 aromatic carbocycles. The van der Waals surface area contributed by atoms with E-state index in [0.29, 0.717) is 0 Å². The number of amides is 1. The van der Waals surface area contributed by atoms with Gasteiger partial charge in [0.05, 0.1) is 5.69 Å². The number of hydrogen-bond acceptors (Lipinski definition) is 3. The SMILES string of the molecule is Cc1ccc(-n2nc(C(=O)N(C)CC(=O)O)cc2C)cc1. The largest absolute Gasteiger partial charge is 0.480 e. The average Bonchev–Trinajstić information content (AvgIpc) is 2.80. The van der Waals surface area contributed by atoms with Crippen LogP contribution in [0.2, 0.25) is 0 Å². The first-order chi connectivity index (χ1) is 9.88. The summed E-state index contributed by atoms with van der Waals surface area (Å²) in [4.78, 5) is 23.9. The van der Waals surface area contributed by atoms with Crippen molar-refractivity contribution in [2.45, 2.75) is 13.8 Å². The standard InChI is InChI=1S/C15H17N3O3/c1-10-4-6-12(7-5-10)18-11(2)8-13(16-18)15(21)17(3)9-14(19)20/h4-8H,9H2,1-3H3,(H,19,20). The van der Waals surface area contributed by atoms with Crippen molar-refractivity contribution in [2.24, 2.45) is 0 Å². The van der Waals surface area contributed by atoms with Gasteiger partial charge >= 0.3 is 5.97 Å². The van der Waals surface area contributed by atoms with Crippen molar-refractivity contribution in [1.82, 2.24) is 14.7 Å². The summed E-state index contributed by atoms with van der Waals surface area (Å²) in [5, 5.41) is 13.0. The molecule has 0 spiro atoms. The highest BCUT2D eigenvalue weighted by molar-refractivity contribution is 5.94. The van der Waals surface area contributed by atoms with E-state index in [1.807, 2.05) is 38.1 Å². The van der Waals surface area contributed by atoms with Crippen molar-refractivity contribution in [1.29, 1.82) is 0 Å². The summed E-state index contributed by atoms with van der Waals surface area (Å²) >= 11 is 0. The number of benzene rings is 1. The summed E-state index contributed by atoms with van der Waals surface area (Å²) in [6.07, 6.45) is 0. The minimum Gasteiger partial charge on any atom is -0.480 e. The van der Waals surface area contributed by atoms with Crippen LogP contribution in [0, 0.1) is 13.8 Å². The van der Waals surface area contributed by atoms with Gasteiger partial charge in [-0.05, 0) is 32.0 Å². The van der Waals surface area contributed by atoms with Crippen molar-refractivity contribution >= 4 is 11.9 Å². The molecule has 0 saturated carbocycles. The maximum absolute atomic E-state index is 12.1. The molecular weight excluding hydrogens is 270 g/mol. The highest BCUT2D eigenvalue weighted by Gasteiger charge is 2.18. The van der Waals surface area contributed by atoms with Gasteiger partial charge in [-0.2, -0.15) is 5.10 Å². The molecule has 0 unspecified atom stereocenters. The molecule has 6 nitrogen and oxygen atoms in total. The molecule has 0 atom stereocenters. The van der Waals surface area contributed by atoms with Crippen molar-refractivity contribution in [3.05, 3.63) is 47.3 Å². The predicted octanol–water partition coefficient (Wildman–Crippen LogP) is 1.65. The second kappa shape index (κ2) is 5.78. The van der Waals surface area contributed by atoms with Gasteiger partial charge in [0.15, 0.2) is 5.69 Å². The lowest BCUT2D eigenvalue weighted by Gasteiger charge is -2.12. The van der Waals surface area contributed by atoms with Gasteiger partial charge in [-0.3, -0.25) is 9.59 Å². The van der Waals surface area contributed by atoms with Crippen LogP contribution in [-0.2, 0) is 4.79 Å². The van der Waals surface area contributed by atoms with Gasteiger partial charge in [0, 0.05) is 12.7 Å². The van der Waals surface area contributed by atoms with Crippen LogP contribution in [0.1, 0.15) is 21.7 Å². The van der Waals surface area contributed by atoms with Crippen LogP contribution in [0.25, 0.3) is 5.69 Å². The Morgan fingerprint density at radius 1 is 1.24 bits per heavy atom. The van der Waals surface area contributed by atoms with Gasteiger partial charge in [-0.15, -0.1) is 0 Å². The molecule has 0 fully saturated rings. The van der Waals surface area contributed by atoms with E-state index in [4.69, 9.17) is 5.11 Å².